The molecule has 6 heteroatoms. The average Bonchev–Trinajstić information content (AvgIpc) is 3.40. The molecule has 0 heterocycles. The Morgan fingerprint density at radius 1 is 1.12 bits per heavy atom. The van der Waals surface area contributed by atoms with Crippen LogP contribution in [-0.2, 0) is 21.3 Å². The second-order valence-electron chi connectivity index (χ2n) is 7.11. The number of amides is 1. The molecule has 2 aliphatic carbocycles. The maximum absolute atomic E-state index is 12.5. The van der Waals surface area contributed by atoms with Gasteiger partial charge in [-0.05, 0) is 55.8 Å². The highest BCUT2D eigenvalue weighted by Crippen LogP contribution is 2.27. The predicted octanol–water partition coefficient (Wildman–Crippen LogP) is 3.63. The second-order valence-corrected chi connectivity index (χ2v) is 8.82. The fourth-order valence-corrected chi connectivity index (χ4v) is 4.87. The highest BCUT2D eigenvalue weighted by molar-refractivity contribution is 7.84. The van der Waals surface area contributed by atoms with Crippen LogP contribution in [0.1, 0.15) is 50.5 Å². The summed E-state index contributed by atoms with van der Waals surface area (Å²) in [5.74, 6) is 1.35. The van der Waals surface area contributed by atoms with E-state index in [1.807, 2.05) is 24.3 Å². The summed E-state index contributed by atoms with van der Waals surface area (Å²) in [5.41, 5.74) is 1.84. The maximum Gasteiger partial charge on any atom is 0.238 e. The second kappa shape index (κ2) is 10.3. The third-order valence-corrected chi connectivity index (χ3v) is 6.69. The van der Waals surface area contributed by atoms with Crippen molar-refractivity contribution >= 4 is 34.8 Å². The summed E-state index contributed by atoms with van der Waals surface area (Å²) in [6.45, 7) is 1.29. The lowest BCUT2D eigenvalue weighted by Gasteiger charge is -2.21. The van der Waals surface area contributed by atoms with Crippen LogP contribution in [0.15, 0.2) is 24.3 Å². The quantitative estimate of drug-likeness (QED) is 0.719. The van der Waals surface area contributed by atoms with E-state index in [1.54, 1.807) is 0 Å². The van der Waals surface area contributed by atoms with Crippen LogP contribution in [0.2, 0.25) is 0 Å². The highest BCUT2D eigenvalue weighted by Gasteiger charge is 2.21. The van der Waals surface area contributed by atoms with Crippen molar-refractivity contribution in [3.05, 3.63) is 29.8 Å². The molecule has 1 atom stereocenters. The summed E-state index contributed by atoms with van der Waals surface area (Å²) >= 11 is 0. The molecule has 1 aromatic carbocycles. The van der Waals surface area contributed by atoms with E-state index < -0.39 is 10.8 Å². The zero-order valence-corrected chi connectivity index (χ0v) is 16.3. The monoisotopic (exact) mass is 384 g/mol. The minimum atomic E-state index is -0.807. The van der Waals surface area contributed by atoms with E-state index in [-0.39, 0.29) is 18.3 Å². The molecule has 0 spiro atoms. The van der Waals surface area contributed by atoms with Gasteiger partial charge in [-0.1, -0.05) is 31.4 Å². The van der Waals surface area contributed by atoms with Gasteiger partial charge < -0.3 is 10.6 Å². The summed E-state index contributed by atoms with van der Waals surface area (Å²) < 4.78 is 12.5. The predicted molar refractivity (Wildman–Crippen MR) is 107 cm³/mol. The van der Waals surface area contributed by atoms with E-state index in [0.29, 0.717) is 17.5 Å². The summed E-state index contributed by atoms with van der Waals surface area (Å²) in [4.78, 5) is 12.0. The Labute approximate surface area is 159 Å². The van der Waals surface area contributed by atoms with Crippen molar-refractivity contribution in [2.24, 2.45) is 5.92 Å². The van der Waals surface area contributed by atoms with Crippen LogP contribution >= 0.6 is 12.4 Å². The molecule has 1 amide bonds. The van der Waals surface area contributed by atoms with Crippen LogP contribution in [-0.4, -0.2) is 28.5 Å². The first-order valence-corrected chi connectivity index (χ1v) is 10.6. The van der Waals surface area contributed by atoms with E-state index in [4.69, 9.17) is 0 Å². The van der Waals surface area contributed by atoms with E-state index in [1.165, 1.54) is 32.1 Å². The third kappa shape index (κ3) is 7.08. The lowest BCUT2D eigenvalue weighted by atomic mass is 10.0. The summed E-state index contributed by atoms with van der Waals surface area (Å²) in [6.07, 6.45) is 8.46. The first-order chi connectivity index (χ1) is 11.7. The molecule has 0 radical (unpaired) electrons. The Morgan fingerprint density at radius 2 is 1.88 bits per heavy atom. The Kier molecular flexibility index (Phi) is 8.40. The zero-order valence-electron chi connectivity index (χ0n) is 14.7. The third-order valence-electron chi connectivity index (χ3n) is 4.86. The van der Waals surface area contributed by atoms with Crippen molar-refractivity contribution in [3.8, 4) is 0 Å². The first kappa shape index (κ1) is 20.4. The smallest absolute Gasteiger partial charge is 0.238 e. The summed E-state index contributed by atoms with van der Waals surface area (Å²) in [5, 5.41) is 6.48. The fraction of sp³-hybridized carbons (Fsp3) is 0.632. The molecule has 25 heavy (non-hydrogen) atoms. The topological polar surface area (TPSA) is 58.2 Å². The van der Waals surface area contributed by atoms with Gasteiger partial charge in [0.05, 0.1) is 6.54 Å². The minimum Gasteiger partial charge on any atom is -0.325 e. The number of hydrogen-bond donors (Lipinski definition) is 2. The number of anilines is 1. The molecule has 0 saturated heterocycles. The normalized spacial score (nSPS) is 19.0. The molecule has 0 aromatic heterocycles. The molecule has 4 nitrogen and oxygen atoms in total. The van der Waals surface area contributed by atoms with Crippen LogP contribution in [0.4, 0.5) is 5.69 Å². The van der Waals surface area contributed by atoms with Crippen LogP contribution in [0, 0.1) is 5.92 Å². The molecule has 140 valence electrons. The maximum atomic E-state index is 12.5. The van der Waals surface area contributed by atoms with Gasteiger partial charge in [-0.3, -0.25) is 9.00 Å². The van der Waals surface area contributed by atoms with Gasteiger partial charge in [0.1, 0.15) is 0 Å². The minimum absolute atomic E-state index is 0. The van der Waals surface area contributed by atoms with Gasteiger partial charge in [-0.2, -0.15) is 0 Å². The summed E-state index contributed by atoms with van der Waals surface area (Å²) in [6, 6.07) is 7.79. The summed E-state index contributed by atoms with van der Waals surface area (Å²) in [7, 11) is -0.807. The van der Waals surface area contributed by atoms with Crippen LogP contribution < -0.4 is 10.6 Å². The van der Waals surface area contributed by atoms with Crippen LogP contribution in [0.5, 0.6) is 0 Å². The standard InChI is InChI=1S/C19H28N2O2S.ClH/c22-19(13-20-12-15-9-10-15)21-17-6-4-5-16(11-17)14-24(23)18-7-2-1-3-8-18;/h4-6,11,15,18,20H,1-3,7-10,12-14H2,(H,21,22);1H. The van der Waals surface area contributed by atoms with Gasteiger partial charge in [-0.25, -0.2) is 0 Å². The molecule has 1 aromatic rings. The van der Waals surface area contributed by atoms with E-state index in [2.05, 4.69) is 10.6 Å². The molecule has 2 aliphatic rings. The Bertz CT molecular complexity index is 587. The van der Waals surface area contributed by atoms with Crippen molar-refractivity contribution < 1.29 is 9.00 Å². The molecule has 2 saturated carbocycles. The molecule has 1 unspecified atom stereocenters. The lowest BCUT2D eigenvalue weighted by molar-refractivity contribution is -0.115. The van der Waals surface area contributed by atoms with Gasteiger partial charge in [0.2, 0.25) is 5.91 Å². The van der Waals surface area contributed by atoms with Crippen molar-refractivity contribution in [2.75, 3.05) is 18.4 Å². The van der Waals surface area contributed by atoms with Gasteiger partial charge in [0.25, 0.3) is 0 Å². The van der Waals surface area contributed by atoms with Gasteiger partial charge >= 0.3 is 0 Å². The van der Waals surface area contributed by atoms with Gasteiger partial charge in [-0.15, -0.1) is 12.4 Å². The number of hydrogen-bond acceptors (Lipinski definition) is 3. The van der Waals surface area contributed by atoms with Crippen molar-refractivity contribution in [3.63, 3.8) is 0 Å². The van der Waals surface area contributed by atoms with Gasteiger partial charge in [0, 0.05) is 27.5 Å². The van der Waals surface area contributed by atoms with E-state index in [0.717, 1.165) is 36.6 Å². The van der Waals surface area contributed by atoms with Crippen molar-refractivity contribution in [1.29, 1.82) is 0 Å². The van der Waals surface area contributed by atoms with E-state index in [9.17, 15) is 9.00 Å². The molecular formula is C19H29ClN2O2S. The molecular weight excluding hydrogens is 356 g/mol. The first-order valence-electron chi connectivity index (χ1n) is 9.17. The Morgan fingerprint density at radius 3 is 2.60 bits per heavy atom. The number of halogens is 1. The van der Waals surface area contributed by atoms with E-state index >= 15 is 0 Å². The number of nitrogens with one attached hydrogen (secondary N) is 2. The largest absolute Gasteiger partial charge is 0.325 e. The SMILES string of the molecule is Cl.O=C(CNCC1CC1)Nc1cccc(CS(=O)C2CCCCC2)c1. The number of benzene rings is 1. The molecule has 2 N–H and O–H groups in total. The molecule has 2 fully saturated rings. The van der Waals surface area contributed by atoms with Gasteiger partial charge in [0.15, 0.2) is 0 Å². The average molecular weight is 385 g/mol. The van der Waals surface area contributed by atoms with Crippen LogP contribution in [0.25, 0.3) is 0 Å². The van der Waals surface area contributed by atoms with Crippen molar-refractivity contribution in [1.82, 2.24) is 5.32 Å². The molecule has 0 aliphatic heterocycles. The Hall–Kier alpha value is -0.910. The van der Waals surface area contributed by atoms with Crippen molar-refractivity contribution in [2.45, 2.75) is 55.9 Å². The number of carbonyl (C=O) groups excluding carboxylic acids is 1. The van der Waals surface area contributed by atoms with Crippen LogP contribution in [0.3, 0.4) is 0 Å². The molecule has 0 bridgehead atoms. The lowest BCUT2D eigenvalue weighted by Crippen LogP contribution is -2.29. The number of carbonyl (C=O) groups is 1. The fourth-order valence-electron chi connectivity index (χ4n) is 3.27. The Balaban J connectivity index is 0.00000225. The highest BCUT2D eigenvalue weighted by atomic mass is 35.5. The molecule has 3 rings (SSSR count). The zero-order chi connectivity index (χ0) is 16.8. The number of rotatable bonds is 8.